The van der Waals surface area contributed by atoms with E-state index < -0.39 is 0 Å². The molecule has 0 amide bonds. The lowest BCUT2D eigenvalue weighted by Gasteiger charge is -2.33. The van der Waals surface area contributed by atoms with Gasteiger partial charge in [0.2, 0.25) is 0 Å². The maximum absolute atomic E-state index is 9.80. The molecule has 0 aliphatic carbocycles. The van der Waals surface area contributed by atoms with Gasteiger partial charge >= 0.3 is 0 Å². The number of morpholine rings is 1. The molecule has 4 heterocycles. The van der Waals surface area contributed by atoms with Gasteiger partial charge in [0.05, 0.1) is 22.9 Å². The number of rotatable bonds is 2. The highest BCUT2D eigenvalue weighted by atomic mass is 35.5. The van der Waals surface area contributed by atoms with Crippen LogP contribution in [0.3, 0.4) is 0 Å². The van der Waals surface area contributed by atoms with Crippen molar-refractivity contribution in [3.8, 4) is 0 Å². The van der Waals surface area contributed by atoms with Crippen molar-refractivity contribution in [2.24, 2.45) is 11.8 Å². The monoisotopic (exact) mass is 423 g/mol. The molecule has 3 aliphatic heterocycles. The first-order chi connectivity index (χ1) is 11.2. The van der Waals surface area contributed by atoms with Crippen LogP contribution in [-0.2, 0) is 4.74 Å². The SMILES string of the molecule is Cl.Cl.OC[C@H]1[C@H]2CN(c3nc4ccc(Cl)cc4s3)C[C@]23CNC[C@H]1O3. The average Bonchev–Trinajstić information content (AvgIpc) is 3.15. The zero-order valence-electron chi connectivity index (χ0n) is 13.4. The zero-order chi connectivity index (χ0) is 15.6. The Hall–Kier alpha value is -0.340. The minimum Gasteiger partial charge on any atom is -0.396 e. The maximum atomic E-state index is 9.80. The van der Waals surface area contributed by atoms with Crippen LogP contribution in [0.1, 0.15) is 0 Å². The number of nitrogens with zero attached hydrogens (tertiary/aromatic N) is 2. The number of nitrogens with one attached hydrogen (secondary N) is 1. The van der Waals surface area contributed by atoms with Crippen LogP contribution >= 0.6 is 47.8 Å². The van der Waals surface area contributed by atoms with Crippen molar-refractivity contribution in [3.05, 3.63) is 23.2 Å². The Morgan fingerprint density at radius 3 is 3.08 bits per heavy atom. The number of aromatic nitrogens is 1. The van der Waals surface area contributed by atoms with Crippen LogP contribution < -0.4 is 10.2 Å². The Balaban J connectivity index is 0.000000911. The molecule has 25 heavy (non-hydrogen) atoms. The Bertz CT molecular complexity index is 776. The van der Waals surface area contributed by atoms with Crippen molar-refractivity contribution < 1.29 is 9.84 Å². The second-order valence-corrected chi connectivity index (χ2v) is 8.24. The highest BCUT2D eigenvalue weighted by Gasteiger charge is 2.61. The van der Waals surface area contributed by atoms with E-state index in [1.165, 1.54) is 0 Å². The Morgan fingerprint density at radius 2 is 2.28 bits per heavy atom. The van der Waals surface area contributed by atoms with Crippen LogP contribution in [0.4, 0.5) is 5.13 Å². The number of benzene rings is 1. The normalized spacial score (nSPS) is 33.0. The third-order valence-electron chi connectivity index (χ3n) is 5.52. The molecule has 0 radical (unpaired) electrons. The smallest absolute Gasteiger partial charge is 0.186 e. The molecular weight excluding hydrogens is 405 g/mol. The van der Waals surface area contributed by atoms with E-state index >= 15 is 0 Å². The van der Waals surface area contributed by atoms with Gasteiger partial charge < -0.3 is 20.1 Å². The summed E-state index contributed by atoms with van der Waals surface area (Å²) in [6.45, 7) is 3.64. The Kier molecular flexibility index (Phi) is 5.44. The number of anilines is 1. The second-order valence-electron chi connectivity index (χ2n) is 6.79. The molecule has 0 unspecified atom stereocenters. The predicted molar refractivity (Wildman–Crippen MR) is 106 cm³/mol. The fourth-order valence-electron chi connectivity index (χ4n) is 4.47. The fourth-order valence-corrected chi connectivity index (χ4v) is 5.72. The van der Waals surface area contributed by atoms with Gasteiger partial charge in [0.1, 0.15) is 5.60 Å². The first kappa shape index (κ1) is 19.4. The third kappa shape index (κ3) is 2.92. The summed E-state index contributed by atoms with van der Waals surface area (Å²) in [6, 6.07) is 5.82. The number of halogens is 3. The number of ether oxygens (including phenoxy) is 1. The molecule has 2 N–H and O–H groups in total. The van der Waals surface area contributed by atoms with Crippen molar-refractivity contribution >= 4 is 63.1 Å². The number of hydrogen-bond acceptors (Lipinski definition) is 6. The Labute approximate surface area is 167 Å². The summed E-state index contributed by atoms with van der Waals surface area (Å²) in [4.78, 5) is 7.08. The van der Waals surface area contributed by atoms with Gasteiger partial charge in [-0.1, -0.05) is 22.9 Å². The summed E-state index contributed by atoms with van der Waals surface area (Å²) < 4.78 is 7.46. The first-order valence-corrected chi connectivity index (χ1v) is 9.18. The van der Waals surface area contributed by atoms with E-state index in [9.17, 15) is 5.11 Å². The molecule has 0 saturated carbocycles. The lowest BCUT2D eigenvalue weighted by atomic mass is 9.83. The molecule has 1 aromatic heterocycles. The van der Waals surface area contributed by atoms with Crippen molar-refractivity contribution in [3.63, 3.8) is 0 Å². The summed E-state index contributed by atoms with van der Waals surface area (Å²) in [5.41, 5.74) is 0.814. The minimum atomic E-state index is -0.175. The van der Waals surface area contributed by atoms with Gasteiger partial charge in [0.15, 0.2) is 5.13 Å². The average molecular weight is 425 g/mol. The molecule has 9 heteroatoms. The van der Waals surface area contributed by atoms with E-state index in [-0.39, 0.29) is 49.0 Å². The predicted octanol–water partition coefficient (Wildman–Crippen LogP) is 2.58. The first-order valence-electron chi connectivity index (χ1n) is 7.99. The van der Waals surface area contributed by atoms with Gasteiger partial charge in [-0.05, 0) is 18.2 Å². The van der Waals surface area contributed by atoms with E-state index in [0.717, 1.165) is 46.5 Å². The van der Waals surface area contributed by atoms with Crippen LogP contribution in [0.2, 0.25) is 5.02 Å². The van der Waals surface area contributed by atoms with Gasteiger partial charge in [0, 0.05) is 43.1 Å². The molecule has 3 saturated heterocycles. The van der Waals surface area contributed by atoms with Crippen LogP contribution in [0, 0.1) is 11.8 Å². The molecule has 1 aromatic carbocycles. The summed E-state index contributed by atoms with van der Waals surface area (Å²) >= 11 is 7.76. The van der Waals surface area contributed by atoms with Crippen LogP contribution in [-0.4, -0.2) is 54.6 Å². The second kappa shape index (κ2) is 7.00. The molecule has 1 spiro atoms. The number of aliphatic hydroxyl groups excluding tert-OH is 1. The van der Waals surface area contributed by atoms with Gasteiger partial charge in [-0.3, -0.25) is 0 Å². The zero-order valence-corrected chi connectivity index (χ0v) is 16.6. The van der Waals surface area contributed by atoms with Crippen molar-refractivity contribution in [2.75, 3.05) is 37.7 Å². The molecular formula is C16H20Cl3N3O2S. The van der Waals surface area contributed by atoms with E-state index in [4.69, 9.17) is 21.3 Å². The van der Waals surface area contributed by atoms with Crippen LogP contribution in [0.5, 0.6) is 0 Å². The van der Waals surface area contributed by atoms with Crippen molar-refractivity contribution in [2.45, 2.75) is 11.7 Å². The Morgan fingerprint density at radius 1 is 1.44 bits per heavy atom. The molecule has 138 valence electrons. The lowest BCUT2D eigenvalue weighted by molar-refractivity contribution is -0.0653. The molecule has 2 aromatic rings. The van der Waals surface area contributed by atoms with E-state index in [1.54, 1.807) is 11.3 Å². The number of hydrogen-bond donors (Lipinski definition) is 2. The molecule has 5 nitrogen and oxygen atoms in total. The molecule has 3 aliphatic rings. The maximum Gasteiger partial charge on any atom is 0.186 e. The number of fused-ring (bicyclic) bond motifs is 2. The summed E-state index contributed by atoms with van der Waals surface area (Å²) in [6.07, 6.45) is 0.148. The van der Waals surface area contributed by atoms with E-state index in [0.29, 0.717) is 5.92 Å². The molecule has 5 rings (SSSR count). The lowest BCUT2D eigenvalue weighted by Crippen LogP contribution is -2.52. The van der Waals surface area contributed by atoms with Crippen molar-refractivity contribution in [1.82, 2.24) is 10.3 Å². The highest BCUT2D eigenvalue weighted by Crippen LogP contribution is 2.48. The van der Waals surface area contributed by atoms with Crippen LogP contribution in [0.25, 0.3) is 10.2 Å². The largest absolute Gasteiger partial charge is 0.396 e. The molecule has 2 bridgehead atoms. The van der Waals surface area contributed by atoms with E-state index in [1.807, 2.05) is 18.2 Å². The number of thiazole rings is 1. The number of aliphatic hydroxyl groups is 1. The minimum absolute atomic E-state index is 0. The summed E-state index contributed by atoms with van der Waals surface area (Å²) in [7, 11) is 0. The quantitative estimate of drug-likeness (QED) is 0.776. The topological polar surface area (TPSA) is 57.6 Å². The highest BCUT2D eigenvalue weighted by molar-refractivity contribution is 7.22. The van der Waals surface area contributed by atoms with E-state index in [2.05, 4.69) is 10.2 Å². The fraction of sp³-hybridized carbons (Fsp3) is 0.562. The molecule has 4 atom stereocenters. The summed E-state index contributed by atoms with van der Waals surface area (Å²) in [5, 5.41) is 15.1. The van der Waals surface area contributed by atoms with Gasteiger partial charge in [-0.25, -0.2) is 4.98 Å². The molecule has 3 fully saturated rings. The van der Waals surface area contributed by atoms with Crippen molar-refractivity contribution in [1.29, 1.82) is 0 Å². The third-order valence-corrected chi connectivity index (χ3v) is 6.84. The standard InChI is InChI=1S/C16H18ClN3O2S.2ClH/c17-9-1-2-12-14(3-9)23-15(19-12)20-5-11-10(6-21)13-4-18-7-16(11,8-20)22-13;;/h1-3,10-11,13,18,21H,4-8H2;2*1H/t10-,11+,13+,16+;;/m0../s1. The summed E-state index contributed by atoms with van der Waals surface area (Å²) in [5.74, 6) is 0.585. The van der Waals surface area contributed by atoms with Gasteiger partial charge in [-0.15, -0.1) is 24.8 Å². The van der Waals surface area contributed by atoms with Crippen LogP contribution in [0.15, 0.2) is 18.2 Å². The van der Waals surface area contributed by atoms with Gasteiger partial charge in [-0.2, -0.15) is 0 Å². The van der Waals surface area contributed by atoms with Gasteiger partial charge in [0.25, 0.3) is 0 Å².